The quantitative estimate of drug-likeness (QED) is 0.652. The van der Waals surface area contributed by atoms with Gasteiger partial charge >= 0.3 is 5.97 Å². The molecule has 0 atom stereocenters. The lowest BCUT2D eigenvalue weighted by atomic mass is 10.2. The second kappa shape index (κ2) is 9.35. The smallest absolute Gasteiger partial charge is 0.305 e. The van der Waals surface area contributed by atoms with Crippen molar-refractivity contribution in [2.45, 2.75) is 40.0 Å². The Balaban J connectivity index is 4.28. The Morgan fingerprint density at radius 2 is 1.84 bits per heavy atom. The minimum Gasteiger partial charge on any atom is -0.481 e. The number of hydrogen-bond donors (Lipinski definition) is 2. The third-order valence-corrected chi connectivity index (χ3v) is 2.45. The fourth-order valence-electron chi connectivity index (χ4n) is 1.59. The molecule has 0 aromatic rings. The maximum Gasteiger partial charge on any atom is 0.305 e. The van der Waals surface area contributed by atoms with Crippen LogP contribution < -0.4 is 5.32 Å². The number of amides is 2. The predicted octanol–water partition coefficient (Wildman–Crippen LogP) is 0.862. The van der Waals surface area contributed by atoms with Gasteiger partial charge in [0.05, 0.1) is 13.0 Å². The van der Waals surface area contributed by atoms with E-state index < -0.39 is 5.97 Å². The summed E-state index contributed by atoms with van der Waals surface area (Å²) in [4.78, 5) is 35.2. The highest BCUT2D eigenvalue weighted by atomic mass is 16.4. The molecule has 0 saturated carbocycles. The normalized spacial score (nSPS) is 10.3. The van der Waals surface area contributed by atoms with Crippen molar-refractivity contribution >= 4 is 17.8 Å². The molecule has 6 heteroatoms. The number of carboxylic acids is 1. The molecule has 0 aliphatic rings. The van der Waals surface area contributed by atoms with Gasteiger partial charge in [-0.05, 0) is 12.3 Å². The maximum absolute atomic E-state index is 11.9. The van der Waals surface area contributed by atoms with Crippen LogP contribution >= 0.6 is 0 Å². The number of nitrogens with one attached hydrogen (secondary N) is 1. The van der Waals surface area contributed by atoms with Crippen LogP contribution in [0.25, 0.3) is 0 Å². The van der Waals surface area contributed by atoms with E-state index in [-0.39, 0.29) is 37.2 Å². The van der Waals surface area contributed by atoms with Crippen LogP contribution in [0.5, 0.6) is 0 Å². The van der Waals surface area contributed by atoms with E-state index >= 15 is 0 Å². The molecule has 0 bridgehead atoms. The highest BCUT2D eigenvalue weighted by molar-refractivity contribution is 5.84. The zero-order valence-corrected chi connectivity index (χ0v) is 11.9. The van der Waals surface area contributed by atoms with Gasteiger partial charge in [0.1, 0.15) is 0 Å². The number of carboxylic acid groups (broad SMARTS) is 1. The van der Waals surface area contributed by atoms with Gasteiger partial charge < -0.3 is 15.3 Å². The van der Waals surface area contributed by atoms with Crippen LogP contribution in [0.15, 0.2) is 0 Å². The fourth-order valence-corrected chi connectivity index (χ4v) is 1.59. The minimum atomic E-state index is -0.934. The molecule has 0 saturated heterocycles. The van der Waals surface area contributed by atoms with E-state index in [2.05, 4.69) is 5.32 Å². The zero-order valence-electron chi connectivity index (χ0n) is 11.9. The molecule has 2 N–H and O–H groups in total. The Hall–Kier alpha value is -1.59. The molecule has 0 unspecified atom stereocenters. The molecule has 0 fully saturated rings. The molecule has 0 heterocycles. The third-order valence-electron chi connectivity index (χ3n) is 2.45. The predicted molar refractivity (Wildman–Crippen MR) is 71.6 cm³/mol. The Morgan fingerprint density at radius 3 is 2.32 bits per heavy atom. The van der Waals surface area contributed by atoms with Crippen molar-refractivity contribution in [1.29, 1.82) is 0 Å². The number of carbonyl (C=O) groups excluding carboxylic acids is 2. The summed E-state index contributed by atoms with van der Waals surface area (Å²) in [7, 11) is 0. The van der Waals surface area contributed by atoms with Gasteiger partial charge in [-0.2, -0.15) is 0 Å². The molecule has 0 spiro atoms. The molecular weight excluding hydrogens is 248 g/mol. The van der Waals surface area contributed by atoms with Crippen molar-refractivity contribution < 1.29 is 19.5 Å². The largest absolute Gasteiger partial charge is 0.481 e. The van der Waals surface area contributed by atoms with Gasteiger partial charge in [0.15, 0.2) is 0 Å². The minimum absolute atomic E-state index is 0.0643. The number of rotatable bonds is 9. The van der Waals surface area contributed by atoms with Crippen molar-refractivity contribution in [3.8, 4) is 0 Å². The summed E-state index contributed by atoms with van der Waals surface area (Å²) in [5.74, 6) is -1.07. The second-order valence-corrected chi connectivity index (χ2v) is 4.90. The van der Waals surface area contributed by atoms with Crippen molar-refractivity contribution in [3.63, 3.8) is 0 Å². The van der Waals surface area contributed by atoms with Crippen LogP contribution in [0.1, 0.15) is 40.0 Å². The van der Waals surface area contributed by atoms with Gasteiger partial charge in [-0.3, -0.25) is 14.4 Å². The SMILES string of the molecule is CCCC(=O)NCC(=O)N(CCC(=O)O)CC(C)C. The Labute approximate surface area is 114 Å². The molecule has 110 valence electrons. The number of nitrogens with zero attached hydrogens (tertiary/aromatic N) is 1. The summed E-state index contributed by atoms with van der Waals surface area (Å²) in [6, 6.07) is 0. The van der Waals surface area contributed by atoms with E-state index in [9.17, 15) is 14.4 Å². The number of hydrogen-bond acceptors (Lipinski definition) is 3. The van der Waals surface area contributed by atoms with Gasteiger partial charge in [0.25, 0.3) is 0 Å². The summed E-state index contributed by atoms with van der Waals surface area (Å²) in [6.45, 7) is 6.41. The summed E-state index contributed by atoms with van der Waals surface area (Å²) < 4.78 is 0. The standard InChI is InChI=1S/C13H24N2O4/c1-4-5-11(16)14-8-12(17)15(9-10(2)3)7-6-13(18)19/h10H,4-9H2,1-3H3,(H,14,16)(H,18,19). The van der Waals surface area contributed by atoms with Crippen LogP contribution in [0.4, 0.5) is 0 Å². The molecule has 0 aromatic heterocycles. The highest BCUT2D eigenvalue weighted by Crippen LogP contribution is 2.01. The van der Waals surface area contributed by atoms with Gasteiger partial charge in [-0.25, -0.2) is 0 Å². The van der Waals surface area contributed by atoms with E-state index in [4.69, 9.17) is 5.11 Å². The Morgan fingerprint density at radius 1 is 1.21 bits per heavy atom. The molecule has 0 radical (unpaired) electrons. The third kappa shape index (κ3) is 9.04. The van der Waals surface area contributed by atoms with Gasteiger partial charge in [-0.1, -0.05) is 20.8 Å². The first-order chi connectivity index (χ1) is 8.86. The van der Waals surface area contributed by atoms with Crippen LogP contribution in [0.3, 0.4) is 0 Å². The van der Waals surface area contributed by atoms with Gasteiger partial charge in [0, 0.05) is 19.5 Å². The zero-order chi connectivity index (χ0) is 14.8. The Kier molecular flexibility index (Phi) is 8.57. The number of carbonyl (C=O) groups is 3. The molecule has 6 nitrogen and oxygen atoms in total. The van der Waals surface area contributed by atoms with Crippen LogP contribution in [0, 0.1) is 5.92 Å². The van der Waals surface area contributed by atoms with Crippen LogP contribution in [0.2, 0.25) is 0 Å². The van der Waals surface area contributed by atoms with Gasteiger partial charge in [-0.15, -0.1) is 0 Å². The lowest BCUT2D eigenvalue weighted by Gasteiger charge is -2.24. The first-order valence-corrected chi connectivity index (χ1v) is 6.63. The highest BCUT2D eigenvalue weighted by Gasteiger charge is 2.16. The molecular formula is C13H24N2O4. The van der Waals surface area contributed by atoms with Crippen molar-refractivity contribution in [2.75, 3.05) is 19.6 Å². The van der Waals surface area contributed by atoms with Crippen molar-refractivity contribution in [2.24, 2.45) is 5.92 Å². The van der Waals surface area contributed by atoms with Crippen LogP contribution in [-0.2, 0) is 14.4 Å². The van der Waals surface area contributed by atoms with Crippen molar-refractivity contribution in [3.05, 3.63) is 0 Å². The van der Waals surface area contributed by atoms with E-state index in [1.807, 2.05) is 20.8 Å². The molecule has 2 amide bonds. The average molecular weight is 272 g/mol. The molecule has 0 aliphatic carbocycles. The summed E-state index contributed by atoms with van der Waals surface area (Å²) in [6.07, 6.45) is 1.04. The van der Waals surface area contributed by atoms with E-state index in [1.165, 1.54) is 4.90 Å². The van der Waals surface area contributed by atoms with E-state index in [0.717, 1.165) is 6.42 Å². The fraction of sp³-hybridized carbons (Fsp3) is 0.769. The van der Waals surface area contributed by atoms with Crippen molar-refractivity contribution in [1.82, 2.24) is 10.2 Å². The first-order valence-electron chi connectivity index (χ1n) is 6.63. The first kappa shape index (κ1) is 17.4. The molecule has 19 heavy (non-hydrogen) atoms. The van der Waals surface area contributed by atoms with E-state index in [0.29, 0.717) is 13.0 Å². The average Bonchev–Trinajstić information content (AvgIpc) is 2.31. The lowest BCUT2D eigenvalue weighted by molar-refractivity contribution is -0.139. The second-order valence-electron chi connectivity index (χ2n) is 4.90. The molecule has 0 aliphatic heterocycles. The topological polar surface area (TPSA) is 86.7 Å². The summed E-state index contributed by atoms with van der Waals surface area (Å²) >= 11 is 0. The molecule has 0 aromatic carbocycles. The van der Waals surface area contributed by atoms with Crippen LogP contribution in [-0.4, -0.2) is 47.4 Å². The Bertz CT molecular complexity index is 316. The number of aliphatic carboxylic acids is 1. The van der Waals surface area contributed by atoms with Gasteiger partial charge in [0.2, 0.25) is 11.8 Å². The molecule has 0 rings (SSSR count). The van der Waals surface area contributed by atoms with E-state index in [1.54, 1.807) is 0 Å². The maximum atomic E-state index is 11.9. The lowest BCUT2D eigenvalue weighted by Crippen LogP contribution is -2.42. The monoisotopic (exact) mass is 272 g/mol. The summed E-state index contributed by atoms with van der Waals surface area (Å²) in [5.41, 5.74) is 0. The summed E-state index contributed by atoms with van der Waals surface area (Å²) in [5, 5.41) is 11.2.